The molecule has 0 aromatic carbocycles. The van der Waals surface area contributed by atoms with Gasteiger partial charge in [0.05, 0.1) is 16.7 Å². The summed E-state index contributed by atoms with van der Waals surface area (Å²) in [7, 11) is 0. The normalized spacial score (nSPS) is 15.1. The van der Waals surface area contributed by atoms with E-state index in [2.05, 4.69) is 19.2 Å². The van der Waals surface area contributed by atoms with Crippen LogP contribution in [0.5, 0.6) is 5.75 Å². The Morgan fingerprint density at radius 3 is 2.47 bits per heavy atom. The molecule has 5 heteroatoms. The fourth-order valence-corrected chi connectivity index (χ4v) is 3.07. The van der Waals surface area contributed by atoms with Gasteiger partial charge in [0.2, 0.25) is 0 Å². The monoisotopic (exact) mass is 282 g/mol. The molecule has 0 saturated heterocycles. The second-order valence-corrected chi connectivity index (χ2v) is 6.63. The van der Waals surface area contributed by atoms with Gasteiger partial charge in [0.15, 0.2) is 11.5 Å². The average molecular weight is 282 g/mol. The minimum Gasteiger partial charge on any atom is -0.486 e. The molecule has 1 fully saturated rings. The zero-order valence-electron chi connectivity index (χ0n) is 11.9. The van der Waals surface area contributed by atoms with E-state index in [1.165, 1.54) is 11.3 Å². The number of hydrogen-bond donors (Lipinski definition) is 2. The van der Waals surface area contributed by atoms with Gasteiger partial charge in [0, 0.05) is 12.0 Å². The highest BCUT2D eigenvalue weighted by molar-refractivity contribution is 7.19. The molecule has 3 N–H and O–H groups in total. The van der Waals surface area contributed by atoms with E-state index in [0.29, 0.717) is 16.3 Å². The lowest BCUT2D eigenvalue weighted by Gasteiger charge is -2.14. The van der Waals surface area contributed by atoms with E-state index in [9.17, 15) is 4.79 Å². The molecule has 106 valence electrons. The third kappa shape index (κ3) is 3.21. The number of nitrogens with one attached hydrogen (secondary N) is 1. The Morgan fingerprint density at radius 1 is 1.37 bits per heavy atom. The van der Waals surface area contributed by atoms with Crippen LogP contribution in [0.4, 0.5) is 10.7 Å². The second-order valence-electron chi connectivity index (χ2n) is 5.61. The largest absolute Gasteiger partial charge is 0.486 e. The van der Waals surface area contributed by atoms with Crippen LogP contribution in [0.2, 0.25) is 0 Å². The molecule has 1 saturated carbocycles. The maximum atomic E-state index is 12.2. The SMILES string of the molecule is CC(C)Nc1sc(C(=O)C2CC2)c(N)c1OC(C)C. The number of thiophene rings is 1. The molecule has 0 spiro atoms. The summed E-state index contributed by atoms with van der Waals surface area (Å²) in [6.45, 7) is 8.02. The minimum atomic E-state index is 0.0356. The van der Waals surface area contributed by atoms with Crippen LogP contribution in [-0.2, 0) is 0 Å². The van der Waals surface area contributed by atoms with Crippen LogP contribution < -0.4 is 15.8 Å². The van der Waals surface area contributed by atoms with Crippen molar-refractivity contribution < 1.29 is 9.53 Å². The van der Waals surface area contributed by atoms with Crippen LogP contribution >= 0.6 is 11.3 Å². The van der Waals surface area contributed by atoms with Gasteiger partial charge in [-0.3, -0.25) is 4.79 Å². The van der Waals surface area contributed by atoms with Gasteiger partial charge in [-0.15, -0.1) is 11.3 Å². The van der Waals surface area contributed by atoms with Crippen LogP contribution in [0.1, 0.15) is 50.2 Å². The minimum absolute atomic E-state index is 0.0356. The van der Waals surface area contributed by atoms with Crippen molar-refractivity contribution in [2.45, 2.75) is 52.7 Å². The lowest BCUT2D eigenvalue weighted by molar-refractivity contribution is 0.0972. The summed E-state index contributed by atoms with van der Waals surface area (Å²) in [5.74, 6) is 0.991. The zero-order chi connectivity index (χ0) is 14.2. The van der Waals surface area contributed by atoms with E-state index >= 15 is 0 Å². The molecule has 0 unspecified atom stereocenters. The van der Waals surface area contributed by atoms with Gasteiger partial charge in [-0.1, -0.05) is 0 Å². The molecule has 19 heavy (non-hydrogen) atoms. The van der Waals surface area contributed by atoms with E-state index < -0.39 is 0 Å². The van der Waals surface area contributed by atoms with Crippen molar-refractivity contribution in [1.82, 2.24) is 0 Å². The molecular formula is C14H22N2O2S. The fourth-order valence-electron chi connectivity index (χ4n) is 1.85. The predicted molar refractivity (Wildman–Crippen MR) is 80.3 cm³/mol. The first-order chi connectivity index (χ1) is 8.90. The smallest absolute Gasteiger partial charge is 0.178 e. The maximum Gasteiger partial charge on any atom is 0.178 e. The number of rotatable bonds is 6. The predicted octanol–water partition coefficient (Wildman–Crippen LogP) is 3.53. The molecule has 1 aromatic rings. The molecule has 0 bridgehead atoms. The number of Topliss-reactive ketones (excluding diaryl/α,β-unsaturated/α-hetero) is 1. The summed E-state index contributed by atoms with van der Waals surface area (Å²) in [4.78, 5) is 12.9. The highest BCUT2D eigenvalue weighted by atomic mass is 32.1. The topological polar surface area (TPSA) is 64.4 Å². The first kappa shape index (κ1) is 14.2. The number of carbonyl (C=O) groups is 1. The number of nitrogen functional groups attached to an aromatic ring is 1. The standard InChI is InChI=1S/C14H22N2O2S/c1-7(2)16-14-12(18-8(3)4)10(15)13(19-14)11(17)9-5-6-9/h7-9,16H,5-6,15H2,1-4H3. The number of ketones is 1. The van der Waals surface area contributed by atoms with E-state index in [-0.39, 0.29) is 23.8 Å². The van der Waals surface area contributed by atoms with Gasteiger partial charge < -0.3 is 15.8 Å². The third-order valence-electron chi connectivity index (χ3n) is 2.84. The molecule has 1 aliphatic carbocycles. The number of carbonyl (C=O) groups excluding carboxylic acids is 1. The highest BCUT2D eigenvalue weighted by Gasteiger charge is 2.34. The summed E-state index contributed by atoms with van der Waals surface area (Å²) < 4.78 is 5.78. The second kappa shape index (κ2) is 5.41. The summed E-state index contributed by atoms with van der Waals surface area (Å²) in [6, 6.07) is 0.274. The molecule has 0 radical (unpaired) electrons. The number of anilines is 2. The molecule has 0 aliphatic heterocycles. The van der Waals surface area contributed by atoms with Gasteiger partial charge in [0.25, 0.3) is 0 Å². The van der Waals surface area contributed by atoms with Crippen molar-refractivity contribution in [1.29, 1.82) is 0 Å². The Morgan fingerprint density at radius 2 is 2.00 bits per heavy atom. The van der Waals surface area contributed by atoms with Crippen molar-refractivity contribution in [3.63, 3.8) is 0 Å². The Balaban J connectivity index is 2.34. The lowest BCUT2D eigenvalue weighted by atomic mass is 10.2. The van der Waals surface area contributed by atoms with Crippen LogP contribution in [0, 0.1) is 5.92 Å². The summed E-state index contributed by atoms with van der Waals surface area (Å²) in [5, 5.41) is 4.18. The number of nitrogens with two attached hydrogens (primary N) is 1. The first-order valence-electron chi connectivity index (χ1n) is 6.79. The summed E-state index contributed by atoms with van der Waals surface area (Å²) >= 11 is 1.42. The van der Waals surface area contributed by atoms with E-state index in [0.717, 1.165) is 17.8 Å². The van der Waals surface area contributed by atoms with E-state index in [1.807, 2.05) is 13.8 Å². The fraction of sp³-hybridized carbons (Fsp3) is 0.643. The molecule has 4 nitrogen and oxygen atoms in total. The van der Waals surface area contributed by atoms with Gasteiger partial charge in [-0.25, -0.2) is 0 Å². The Labute approximate surface area is 118 Å². The maximum absolute atomic E-state index is 12.2. The number of ether oxygens (including phenoxy) is 1. The Kier molecular flexibility index (Phi) is 4.04. The molecule has 0 amide bonds. The lowest BCUT2D eigenvalue weighted by Crippen LogP contribution is -2.12. The molecular weight excluding hydrogens is 260 g/mol. The van der Waals surface area contributed by atoms with E-state index in [1.54, 1.807) is 0 Å². The van der Waals surface area contributed by atoms with Crippen molar-refractivity contribution in [2.24, 2.45) is 5.92 Å². The van der Waals surface area contributed by atoms with Crippen molar-refractivity contribution in [3.8, 4) is 5.75 Å². The molecule has 2 rings (SSSR count). The summed E-state index contributed by atoms with van der Waals surface area (Å²) in [6.07, 6.45) is 2.01. The quantitative estimate of drug-likeness (QED) is 0.783. The van der Waals surface area contributed by atoms with Crippen molar-refractivity contribution in [2.75, 3.05) is 11.1 Å². The van der Waals surface area contributed by atoms with E-state index in [4.69, 9.17) is 10.5 Å². The van der Waals surface area contributed by atoms with Gasteiger partial charge in [-0.2, -0.15) is 0 Å². The van der Waals surface area contributed by atoms with Gasteiger partial charge >= 0.3 is 0 Å². The average Bonchev–Trinajstić information content (AvgIpc) is 3.09. The van der Waals surface area contributed by atoms with Gasteiger partial charge in [0.1, 0.15) is 5.00 Å². The Hall–Kier alpha value is -1.23. The third-order valence-corrected chi connectivity index (χ3v) is 3.98. The summed E-state index contributed by atoms with van der Waals surface area (Å²) in [5.41, 5.74) is 6.62. The van der Waals surface area contributed by atoms with Crippen molar-refractivity contribution >= 4 is 27.8 Å². The molecule has 1 heterocycles. The van der Waals surface area contributed by atoms with Gasteiger partial charge in [-0.05, 0) is 40.5 Å². The van der Waals surface area contributed by atoms with Crippen molar-refractivity contribution in [3.05, 3.63) is 4.88 Å². The zero-order valence-corrected chi connectivity index (χ0v) is 12.8. The van der Waals surface area contributed by atoms with Crippen LogP contribution in [0.25, 0.3) is 0 Å². The highest BCUT2D eigenvalue weighted by Crippen LogP contribution is 2.46. The van der Waals surface area contributed by atoms with Crippen LogP contribution in [0.3, 0.4) is 0 Å². The molecule has 0 atom stereocenters. The Bertz CT molecular complexity index is 476. The first-order valence-corrected chi connectivity index (χ1v) is 7.61. The van der Waals surface area contributed by atoms with Crippen LogP contribution in [0.15, 0.2) is 0 Å². The molecule has 1 aliphatic rings. The van der Waals surface area contributed by atoms with Crippen LogP contribution in [-0.4, -0.2) is 17.9 Å². The number of hydrogen-bond acceptors (Lipinski definition) is 5. The molecule has 1 aromatic heterocycles.